The third kappa shape index (κ3) is 4.43. The first-order chi connectivity index (χ1) is 6.72. The molecule has 1 atom stereocenters. The van der Waals surface area contributed by atoms with Gasteiger partial charge in [-0.25, -0.2) is 0 Å². The van der Waals surface area contributed by atoms with Gasteiger partial charge in [-0.05, 0) is 51.4 Å². The SMILES string of the molecule is CC1CCC(N[C@@H](C)CCCO)CC1. The van der Waals surface area contributed by atoms with Crippen LogP contribution < -0.4 is 5.32 Å². The van der Waals surface area contributed by atoms with Crippen LogP contribution in [0.3, 0.4) is 0 Å². The highest BCUT2D eigenvalue weighted by Crippen LogP contribution is 2.23. The number of aliphatic hydroxyl groups is 1. The maximum atomic E-state index is 8.73. The largest absolute Gasteiger partial charge is 0.396 e. The van der Waals surface area contributed by atoms with E-state index in [9.17, 15) is 0 Å². The van der Waals surface area contributed by atoms with Crippen molar-refractivity contribution in [1.29, 1.82) is 0 Å². The minimum absolute atomic E-state index is 0.327. The molecule has 0 aliphatic heterocycles. The smallest absolute Gasteiger partial charge is 0.0431 e. The number of rotatable bonds is 5. The van der Waals surface area contributed by atoms with Gasteiger partial charge in [0.25, 0.3) is 0 Å². The molecule has 0 aromatic rings. The zero-order valence-electron chi connectivity index (χ0n) is 9.63. The van der Waals surface area contributed by atoms with Crippen molar-refractivity contribution in [2.45, 2.75) is 64.5 Å². The molecular weight excluding hydrogens is 174 g/mol. The summed E-state index contributed by atoms with van der Waals surface area (Å²) < 4.78 is 0. The molecule has 1 saturated carbocycles. The molecule has 0 aromatic heterocycles. The third-order valence-corrected chi connectivity index (χ3v) is 3.33. The highest BCUT2D eigenvalue weighted by atomic mass is 16.2. The first kappa shape index (κ1) is 12.0. The predicted molar refractivity (Wildman–Crippen MR) is 60.3 cm³/mol. The van der Waals surface area contributed by atoms with Gasteiger partial charge in [0.2, 0.25) is 0 Å². The van der Waals surface area contributed by atoms with Crippen molar-refractivity contribution in [3.63, 3.8) is 0 Å². The number of hydrogen-bond donors (Lipinski definition) is 2. The lowest BCUT2D eigenvalue weighted by molar-refractivity contribution is 0.258. The second-order valence-electron chi connectivity index (χ2n) is 4.89. The van der Waals surface area contributed by atoms with E-state index in [4.69, 9.17) is 5.11 Å². The van der Waals surface area contributed by atoms with Gasteiger partial charge in [0.1, 0.15) is 0 Å². The second kappa shape index (κ2) is 6.41. The average Bonchev–Trinajstić information content (AvgIpc) is 2.18. The molecule has 1 aliphatic rings. The number of nitrogens with one attached hydrogen (secondary N) is 1. The Balaban J connectivity index is 2.10. The van der Waals surface area contributed by atoms with E-state index < -0.39 is 0 Å². The molecule has 1 rings (SSSR count). The fourth-order valence-corrected chi connectivity index (χ4v) is 2.31. The maximum absolute atomic E-state index is 8.73. The Hall–Kier alpha value is -0.0800. The zero-order chi connectivity index (χ0) is 10.4. The predicted octanol–water partition coefficient (Wildman–Crippen LogP) is 2.32. The molecule has 2 nitrogen and oxygen atoms in total. The van der Waals surface area contributed by atoms with E-state index in [-0.39, 0.29) is 0 Å². The Morgan fingerprint density at radius 1 is 1.29 bits per heavy atom. The van der Waals surface area contributed by atoms with Crippen LogP contribution in [0.15, 0.2) is 0 Å². The summed E-state index contributed by atoms with van der Waals surface area (Å²) in [5.74, 6) is 0.931. The van der Waals surface area contributed by atoms with E-state index in [0.717, 1.165) is 24.8 Å². The second-order valence-corrected chi connectivity index (χ2v) is 4.89. The minimum Gasteiger partial charge on any atom is -0.396 e. The van der Waals surface area contributed by atoms with Crippen molar-refractivity contribution in [2.24, 2.45) is 5.92 Å². The molecular formula is C12H25NO. The van der Waals surface area contributed by atoms with Gasteiger partial charge in [-0.2, -0.15) is 0 Å². The van der Waals surface area contributed by atoms with Gasteiger partial charge >= 0.3 is 0 Å². The van der Waals surface area contributed by atoms with E-state index >= 15 is 0 Å². The van der Waals surface area contributed by atoms with Crippen LogP contribution >= 0.6 is 0 Å². The fraction of sp³-hybridized carbons (Fsp3) is 1.00. The van der Waals surface area contributed by atoms with E-state index in [2.05, 4.69) is 19.2 Å². The summed E-state index contributed by atoms with van der Waals surface area (Å²) in [5, 5.41) is 12.4. The standard InChI is InChI=1S/C12H25NO/c1-10-5-7-12(8-6-10)13-11(2)4-3-9-14/h10-14H,3-9H2,1-2H3/t10?,11-,12?/m0/s1. The first-order valence-electron chi connectivity index (χ1n) is 6.09. The summed E-state index contributed by atoms with van der Waals surface area (Å²) in [6.07, 6.45) is 7.46. The quantitative estimate of drug-likeness (QED) is 0.712. The Labute approximate surface area is 88.1 Å². The van der Waals surface area contributed by atoms with Gasteiger partial charge in [-0.3, -0.25) is 0 Å². The van der Waals surface area contributed by atoms with Crippen molar-refractivity contribution in [3.8, 4) is 0 Å². The van der Waals surface area contributed by atoms with Gasteiger partial charge in [-0.15, -0.1) is 0 Å². The molecule has 2 heteroatoms. The summed E-state index contributed by atoms with van der Waals surface area (Å²) in [7, 11) is 0. The van der Waals surface area contributed by atoms with Gasteiger partial charge in [-0.1, -0.05) is 6.92 Å². The Morgan fingerprint density at radius 3 is 2.50 bits per heavy atom. The summed E-state index contributed by atoms with van der Waals surface area (Å²) in [6.45, 7) is 4.91. The molecule has 0 spiro atoms. The average molecular weight is 199 g/mol. The molecule has 0 saturated heterocycles. The minimum atomic E-state index is 0.327. The topological polar surface area (TPSA) is 32.3 Å². The monoisotopic (exact) mass is 199 g/mol. The van der Waals surface area contributed by atoms with Crippen LogP contribution in [0.1, 0.15) is 52.4 Å². The number of aliphatic hydroxyl groups excluding tert-OH is 1. The van der Waals surface area contributed by atoms with Crippen molar-refractivity contribution in [1.82, 2.24) is 5.32 Å². The van der Waals surface area contributed by atoms with Crippen LogP contribution in [0.5, 0.6) is 0 Å². The molecule has 1 fully saturated rings. The van der Waals surface area contributed by atoms with Gasteiger partial charge in [0.15, 0.2) is 0 Å². The molecule has 0 amide bonds. The lowest BCUT2D eigenvalue weighted by atomic mass is 9.87. The van der Waals surface area contributed by atoms with E-state index in [1.807, 2.05) is 0 Å². The van der Waals surface area contributed by atoms with Crippen LogP contribution in [-0.2, 0) is 0 Å². The van der Waals surface area contributed by atoms with Crippen LogP contribution in [0, 0.1) is 5.92 Å². The van der Waals surface area contributed by atoms with E-state index in [1.54, 1.807) is 0 Å². The molecule has 0 heterocycles. The summed E-state index contributed by atoms with van der Waals surface area (Å²) >= 11 is 0. The lowest BCUT2D eigenvalue weighted by Gasteiger charge is -2.29. The van der Waals surface area contributed by atoms with Crippen molar-refractivity contribution in [2.75, 3.05) is 6.61 Å². The van der Waals surface area contributed by atoms with Crippen LogP contribution in [-0.4, -0.2) is 23.8 Å². The van der Waals surface area contributed by atoms with Crippen molar-refractivity contribution in [3.05, 3.63) is 0 Å². The summed E-state index contributed by atoms with van der Waals surface area (Å²) in [4.78, 5) is 0. The fourth-order valence-electron chi connectivity index (χ4n) is 2.31. The van der Waals surface area contributed by atoms with Crippen LogP contribution in [0.4, 0.5) is 0 Å². The maximum Gasteiger partial charge on any atom is 0.0431 e. The Morgan fingerprint density at radius 2 is 1.93 bits per heavy atom. The lowest BCUT2D eigenvalue weighted by Crippen LogP contribution is -2.38. The van der Waals surface area contributed by atoms with Crippen molar-refractivity contribution >= 4 is 0 Å². The van der Waals surface area contributed by atoms with Crippen LogP contribution in [0.2, 0.25) is 0 Å². The normalized spacial score (nSPS) is 30.2. The molecule has 14 heavy (non-hydrogen) atoms. The summed E-state index contributed by atoms with van der Waals surface area (Å²) in [5.41, 5.74) is 0. The highest BCUT2D eigenvalue weighted by Gasteiger charge is 2.18. The van der Waals surface area contributed by atoms with Gasteiger partial charge < -0.3 is 10.4 Å². The highest BCUT2D eigenvalue weighted by molar-refractivity contribution is 4.77. The molecule has 0 radical (unpaired) electrons. The first-order valence-corrected chi connectivity index (χ1v) is 6.09. The molecule has 2 N–H and O–H groups in total. The molecule has 0 unspecified atom stereocenters. The molecule has 0 bridgehead atoms. The molecule has 0 aromatic carbocycles. The van der Waals surface area contributed by atoms with Crippen LogP contribution in [0.25, 0.3) is 0 Å². The van der Waals surface area contributed by atoms with E-state index in [1.165, 1.54) is 25.7 Å². The number of hydrogen-bond acceptors (Lipinski definition) is 2. The summed E-state index contributed by atoms with van der Waals surface area (Å²) in [6, 6.07) is 1.31. The zero-order valence-corrected chi connectivity index (χ0v) is 9.63. The van der Waals surface area contributed by atoms with Gasteiger partial charge in [0, 0.05) is 18.7 Å². The Kier molecular flexibility index (Phi) is 5.49. The van der Waals surface area contributed by atoms with Crippen molar-refractivity contribution < 1.29 is 5.11 Å². The molecule has 84 valence electrons. The van der Waals surface area contributed by atoms with Gasteiger partial charge in [0.05, 0.1) is 0 Å². The third-order valence-electron chi connectivity index (χ3n) is 3.33. The van der Waals surface area contributed by atoms with E-state index in [0.29, 0.717) is 12.6 Å². The molecule has 1 aliphatic carbocycles. The Bertz CT molecular complexity index is 141.